The molecule has 0 fully saturated rings. The van der Waals surface area contributed by atoms with E-state index in [0.717, 1.165) is 42.2 Å². The van der Waals surface area contributed by atoms with E-state index in [9.17, 15) is 4.79 Å². The molecule has 1 amide bonds. The number of rotatable bonds is 6. The first kappa shape index (κ1) is 16.7. The van der Waals surface area contributed by atoms with Gasteiger partial charge >= 0.3 is 0 Å². The molecule has 7 heteroatoms. The van der Waals surface area contributed by atoms with Gasteiger partial charge in [0.25, 0.3) is 5.91 Å². The molecule has 24 heavy (non-hydrogen) atoms. The molecular formula is C17H21N5OS. The number of pyridine rings is 1. The molecule has 2 aromatic rings. The summed E-state index contributed by atoms with van der Waals surface area (Å²) in [6, 6.07) is 3.58. The number of fused-ring (bicyclic) bond motifs is 1. The average Bonchev–Trinajstić information content (AvgIpc) is 2.65. The van der Waals surface area contributed by atoms with Gasteiger partial charge in [0.1, 0.15) is 12.1 Å². The normalized spacial score (nSPS) is 13.5. The van der Waals surface area contributed by atoms with Crippen LogP contribution in [0.5, 0.6) is 0 Å². The molecular weight excluding hydrogens is 322 g/mol. The van der Waals surface area contributed by atoms with Crippen molar-refractivity contribution in [2.45, 2.75) is 19.4 Å². The van der Waals surface area contributed by atoms with Gasteiger partial charge in [-0.2, -0.15) is 11.8 Å². The molecule has 0 aromatic carbocycles. The van der Waals surface area contributed by atoms with Gasteiger partial charge in [-0.05, 0) is 37.0 Å². The number of aromatic nitrogens is 3. The van der Waals surface area contributed by atoms with E-state index in [2.05, 4.69) is 26.5 Å². The molecule has 126 valence electrons. The van der Waals surface area contributed by atoms with Crippen molar-refractivity contribution in [2.24, 2.45) is 0 Å². The largest absolute Gasteiger partial charge is 0.370 e. The van der Waals surface area contributed by atoms with E-state index in [0.29, 0.717) is 18.7 Å². The molecule has 0 radical (unpaired) electrons. The topological polar surface area (TPSA) is 71.0 Å². The van der Waals surface area contributed by atoms with Gasteiger partial charge in [-0.1, -0.05) is 0 Å². The molecule has 1 aliphatic heterocycles. The molecule has 0 unspecified atom stereocenters. The Labute approximate surface area is 146 Å². The maximum atomic E-state index is 12.6. The van der Waals surface area contributed by atoms with Crippen molar-refractivity contribution in [3.05, 3.63) is 47.7 Å². The van der Waals surface area contributed by atoms with Crippen LogP contribution in [-0.4, -0.2) is 50.9 Å². The Morgan fingerprint density at radius 3 is 3.12 bits per heavy atom. The van der Waals surface area contributed by atoms with Crippen LogP contribution in [0.4, 0.5) is 5.82 Å². The predicted octanol–water partition coefficient (Wildman–Crippen LogP) is 2.24. The van der Waals surface area contributed by atoms with Crippen LogP contribution in [0.15, 0.2) is 30.9 Å². The second-order valence-corrected chi connectivity index (χ2v) is 6.62. The maximum Gasteiger partial charge on any atom is 0.255 e. The lowest BCUT2D eigenvalue weighted by Crippen LogP contribution is -2.37. The van der Waals surface area contributed by atoms with Gasteiger partial charge in [0.15, 0.2) is 0 Å². The molecule has 0 atom stereocenters. The van der Waals surface area contributed by atoms with Gasteiger partial charge in [0.2, 0.25) is 0 Å². The van der Waals surface area contributed by atoms with Crippen LogP contribution in [0.3, 0.4) is 0 Å². The molecule has 1 N–H and O–H groups in total. The van der Waals surface area contributed by atoms with Crippen LogP contribution >= 0.6 is 11.8 Å². The minimum absolute atomic E-state index is 0.00171. The first-order valence-corrected chi connectivity index (χ1v) is 9.44. The lowest BCUT2D eigenvalue weighted by Gasteiger charge is -2.29. The zero-order valence-corrected chi connectivity index (χ0v) is 14.6. The van der Waals surface area contributed by atoms with E-state index in [-0.39, 0.29) is 5.91 Å². The third-order valence-electron chi connectivity index (χ3n) is 4.02. The Morgan fingerprint density at radius 1 is 1.42 bits per heavy atom. The Kier molecular flexibility index (Phi) is 5.63. The highest BCUT2D eigenvalue weighted by molar-refractivity contribution is 7.98. The Bertz CT molecular complexity index is 695. The molecule has 0 aliphatic carbocycles. The first-order chi connectivity index (χ1) is 11.8. The summed E-state index contributed by atoms with van der Waals surface area (Å²) >= 11 is 1.84. The van der Waals surface area contributed by atoms with Gasteiger partial charge in [-0.15, -0.1) is 0 Å². The number of amides is 1. The zero-order chi connectivity index (χ0) is 16.8. The third-order valence-corrected chi connectivity index (χ3v) is 4.72. The van der Waals surface area contributed by atoms with Crippen molar-refractivity contribution in [1.29, 1.82) is 0 Å². The number of nitrogens with one attached hydrogen (secondary N) is 1. The van der Waals surface area contributed by atoms with Crippen molar-refractivity contribution >= 4 is 23.5 Å². The van der Waals surface area contributed by atoms with Crippen molar-refractivity contribution in [1.82, 2.24) is 19.9 Å². The van der Waals surface area contributed by atoms with Gasteiger partial charge in [-0.25, -0.2) is 9.97 Å². The van der Waals surface area contributed by atoms with Crippen LogP contribution in [0, 0.1) is 0 Å². The predicted molar refractivity (Wildman–Crippen MR) is 96.2 cm³/mol. The fourth-order valence-electron chi connectivity index (χ4n) is 2.78. The number of hydrogen-bond donors (Lipinski definition) is 1. The summed E-state index contributed by atoms with van der Waals surface area (Å²) in [7, 11) is 0. The number of carbonyl (C=O) groups is 1. The molecule has 0 saturated carbocycles. The number of thioether (sulfide) groups is 1. The van der Waals surface area contributed by atoms with Gasteiger partial charge in [0, 0.05) is 31.0 Å². The van der Waals surface area contributed by atoms with E-state index >= 15 is 0 Å². The molecule has 0 spiro atoms. The molecule has 3 rings (SSSR count). The van der Waals surface area contributed by atoms with E-state index < -0.39 is 0 Å². The van der Waals surface area contributed by atoms with E-state index in [4.69, 9.17) is 0 Å². The van der Waals surface area contributed by atoms with Crippen LogP contribution in [0.25, 0.3) is 0 Å². The fourth-order valence-corrected chi connectivity index (χ4v) is 3.21. The summed E-state index contributed by atoms with van der Waals surface area (Å²) in [5.74, 6) is 2.05. The third kappa shape index (κ3) is 3.84. The van der Waals surface area contributed by atoms with Crippen molar-refractivity contribution in [2.75, 3.05) is 30.4 Å². The maximum absolute atomic E-state index is 12.6. The number of carbonyl (C=O) groups excluding carboxylic acids is 1. The van der Waals surface area contributed by atoms with Crippen LogP contribution in [0.2, 0.25) is 0 Å². The first-order valence-electron chi connectivity index (χ1n) is 8.04. The summed E-state index contributed by atoms with van der Waals surface area (Å²) in [6.07, 6.45) is 8.84. The zero-order valence-electron chi connectivity index (χ0n) is 13.7. The van der Waals surface area contributed by atoms with Gasteiger partial charge in [-0.3, -0.25) is 9.78 Å². The highest BCUT2D eigenvalue weighted by Crippen LogP contribution is 2.23. The molecule has 3 heterocycles. The Balaban J connectivity index is 1.69. The van der Waals surface area contributed by atoms with Crippen LogP contribution in [-0.2, 0) is 13.0 Å². The van der Waals surface area contributed by atoms with Crippen LogP contribution in [0.1, 0.15) is 28.0 Å². The summed E-state index contributed by atoms with van der Waals surface area (Å²) in [5.41, 5.74) is 2.68. The second-order valence-electron chi connectivity index (χ2n) is 5.64. The molecule has 6 nitrogen and oxygen atoms in total. The smallest absolute Gasteiger partial charge is 0.255 e. The lowest BCUT2D eigenvalue weighted by molar-refractivity contribution is 0.0731. The quantitative estimate of drug-likeness (QED) is 0.811. The van der Waals surface area contributed by atoms with E-state index in [1.807, 2.05) is 16.7 Å². The summed E-state index contributed by atoms with van der Waals surface area (Å²) in [6.45, 7) is 2.10. The average molecular weight is 343 g/mol. The van der Waals surface area contributed by atoms with E-state index in [1.54, 1.807) is 30.9 Å². The van der Waals surface area contributed by atoms with Gasteiger partial charge in [0.05, 0.1) is 17.8 Å². The highest BCUT2D eigenvalue weighted by atomic mass is 32.2. The molecule has 0 bridgehead atoms. The SMILES string of the molecule is CSCCCNc1ncnc2c1CCN(C(=O)c1cccnc1)C2. The number of hydrogen-bond acceptors (Lipinski definition) is 6. The second kappa shape index (κ2) is 8.10. The minimum Gasteiger partial charge on any atom is -0.370 e. The number of anilines is 1. The molecule has 1 aliphatic rings. The Hall–Kier alpha value is -2.15. The van der Waals surface area contributed by atoms with E-state index in [1.165, 1.54) is 0 Å². The highest BCUT2D eigenvalue weighted by Gasteiger charge is 2.24. The summed E-state index contributed by atoms with van der Waals surface area (Å²) in [4.78, 5) is 27.2. The molecule has 2 aromatic heterocycles. The van der Waals surface area contributed by atoms with Gasteiger partial charge < -0.3 is 10.2 Å². The Morgan fingerprint density at radius 2 is 2.33 bits per heavy atom. The summed E-state index contributed by atoms with van der Waals surface area (Å²) in [5, 5.41) is 3.41. The minimum atomic E-state index is 0.00171. The summed E-state index contributed by atoms with van der Waals surface area (Å²) < 4.78 is 0. The monoisotopic (exact) mass is 343 g/mol. The lowest BCUT2D eigenvalue weighted by atomic mass is 10.0. The fraction of sp³-hybridized carbons (Fsp3) is 0.412. The standard InChI is InChI=1S/C17H21N5OS/c1-24-9-3-7-19-16-14-5-8-22(11-15(14)20-12-21-16)17(23)13-4-2-6-18-10-13/h2,4,6,10,12H,3,5,7-9,11H2,1H3,(H,19,20,21). The van der Waals surface area contributed by atoms with Crippen molar-refractivity contribution in [3.8, 4) is 0 Å². The molecule has 0 saturated heterocycles. The van der Waals surface area contributed by atoms with Crippen molar-refractivity contribution < 1.29 is 4.79 Å². The number of nitrogens with zero attached hydrogens (tertiary/aromatic N) is 4. The van der Waals surface area contributed by atoms with Crippen molar-refractivity contribution in [3.63, 3.8) is 0 Å². The van der Waals surface area contributed by atoms with Crippen LogP contribution < -0.4 is 5.32 Å².